The van der Waals surface area contributed by atoms with Crippen LogP contribution < -0.4 is 15.5 Å². The zero-order chi connectivity index (χ0) is 20.4. The molecule has 1 unspecified atom stereocenters. The van der Waals surface area contributed by atoms with Crippen LogP contribution in [0.2, 0.25) is 5.02 Å². The molecular formula is C21H15ClN4O3. The number of benzene rings is 2. The highest BCUT2D eigenvalue weighted by Crippen LogP contribution is 2.34. The van der Waals surface area contributed by atoms with E-state index < -0.39 is 23.9 Å². The number of carbonyl (C=O) groups excluding carboxylic acids is 3. The monoisotopic (exact) mass is 406 g/mol. The second-order valence-corrected chi connectivity index (χ2v) is 6.71. The molecule has 1 aliphatic heterocycles. The molecule has 8 heteroatoms. The van der Waals surface area contributed by atoms with E-state index in [1.165, 1.54) is 18.3 Å². The van der Waals surface area contributed by atoms with Crippen LogP contribution in [0.1, 0.15) is 22.1 Å². The van der Waals surface area contributed by atoms with Gasteiger partial charge in [0, 0.05) is 11.9 Å². The lowest BCUT2D eigenvalue weighted by Gasteiger charge is -2.16. The molecule has 1 saturated heterocycles. The number of rotatable bonds is 4. The first-order valence-corrected chi connectivity index (χ1v) is 9.14. The Morgan fingerprint density at radius 1 is 1.03 bits per heavy atom. The number of nitrogens with zero attached hydrogens (tertiary/aromatic N) is 2. The Bertz CT molecular complexity index is 1090. The van der Waals surface area contributed by atoms with Gasteiger partial charge in [-0.1, -0.05) is 48.0 Å². The lowest BCUT2D eigenvalue weighted by molar-refractivity contribution is -0.118. The number of imide groups is 1. The quantitative estimate of drug-likeness (QED) is 0.645. The predicted molar refractivity (Wildman–Crippen MR) is 109 cm³/mol. The van der Waals surface area contributed by atoms with Crippen LogP contribution in [0.15, 0.2) is 72.9 Å². The second-order valence-electron chi connectivity index (χ2n) is 6.30. The third kappa shape index (κ3) is 3.68. The maximum atomic E-state index is 12.8. The average molecular weight is 407 g/mol. The smallest absolute Gasteiger partial charge is 0.321 e. The number of nitrogens with one attached hydrogen (secondary N) is 2. The summed E-state index contributed by atoms with van der Waals surface area (Å²) in [5, 5.41) is 5.50. The highest BCUT2D eigenvalue weighted by atomic mass is 35.5. The van der Waals surface area contributed by atoms with Crippen molar-refractivity contribution >= 4 is 40.8 Å². The Balaban J connectivity index is 1.56. The third-order valence-electron chi connectivity index (χ3n) is 4.42. The summed E-state index contributed by atoms with van der Waals surface area (Å²) in [4.78, 5) is 42.5. The van der Waals surface area contributed by atoms with Crippen LogP contribution in [0.4, 0.5) is 16.2 Å². The maximum Gasteiger partial charge on any atom is 0.329 e. The first-order valence-electron chi connectivity index (χ1n) is 8.76. The molecule has 144 valence electrons. The molecule has 29 heavy (non-hydrogen) atoms. The van der Waals surface area contributed by atoms with Crippen LogP contribution in [-0.4, -0.2) is 22.8 Å². The molecule has 0 radical (unpaired) electrons. The molecule has 0 saturated carbocycles. The summed E-state index contributed by atoms with van der Waals surface area (Å²) in [5.41, 5.74) is 1.60. The van der Waals surface area contributed by atoms with Crippen molar-refractivity contribution < 1.29 is 14.4 Å². The van der Waals surface area contributed by atoms with Crippen molar-refractivity contribution in [3.8, 4) is 0 Å². The van der Waals surface area contributed by atoms with Crippen LogP contribution >= 0.6 is 11.6 Å². The highest BCUT2D eigenvalue weighted by Gasteiger charge is 2.40. The summed E-state index contributed by atoms with van der Waals surface area (Å²) in [5.74, 6) is -0.818. The standard InChI is InChI=1S/C21H15ClN4O3/c22-15-12-14(24-19(27)16-8-4-5-11-23-16)9-10-17(15)26-20(28)18(25-21(26)29)13-6-2-1-3-7-13/h1-12,18H,(H,24,27)(H,25,29). The van der Waals surface area contributed by atoms with Gasteiger partial charge in [0.1, 0.15) is 11.7 Å². The van der Waals surface area contributed by atoms with Gasteiger partial charge in [0.05, 0.1) is 10.7 Å². The van der Waals surface area contributed by atoms with Crippen LogP contribution in [0, 0.1) is 0 Å². The van der Waals surface area contributed by atoms with E-state index in [0.29, 0.717) is 11.3 Å². The molecule has 1 fully saturated rings. The number of aromatic nitrogens is 1. The van der Waals surface area contributed by atoms with Crippen molar-refractivity contribution in [3.05, 3.63) is 89.2 Å². The molecule has 3 aromatic rings. The summed E-state index contributed by atoms with van der Waals surface area (Å²) in [7, 11) is 0. The number of hydrogen-bond donors (Lipinski definition) is 2. The van der Waals surface area contributed by atoms with Gasteiger partial charge in [-0.15, -0.1) is 0 Å². The van der Waals surface area contributed by atoms with Crippen LogP contribution in [0.25, 0.3) is 0 Å². The lowest BCUT2D eigenvalue weighted by atomic mass is 10.1. The van der Waals surface area contributed by atoms with Crippen LogP contribution in [0.3, 0.4) is 0 Å². The van der Waals surface area contributed by atoms with Crippen molar-refractivity contribution in [1.29, 1.82) is 0 Å². The maximum absolute atomic E-state index is 12.8. The average Bonchev–Trinajstić information content (AvgIpc) is 3.04. The van der Waals surface area contributed by atoms with Gasteiger partial charge in [-0.3, -0.25) is 14.6 Å². The molecule has 7 nitrogen and oxygen atoms in total. The first kappa shape index (κ1) is 18.6. The third-order valence-corrected chi connectivity index (χ3v) is 4.72. The van der Waals surface area contributed by atoms with E-state index in [1.807, 2.05) is 6.07 Å². The van der Waals surface area contributed by atoms with Gasteiger partial charge < -0.3 is 10.6 Å². The molecule has 2 N–H and O–H groups in total. The van der Waals surface area contributed by atoms with Crippen molar-refractivity contribution in [2.45, 2.75) is 6.04 Å². The summed E-state index contributed by atoms with van der Waals surface area (Å²) < 4.78 is 0. The zero-order valence-electron chi connectivity index (χ0n) is 15.0. The second kappa shape index (κ2) is 7.73. The predicted octanol–water partition coefficient (Wildman–Crippen LogP) is 3.78. The minimum Gasteiger partial charge on any atom is -0.321 e. The fraction of sp³-hybridized carbons (Fsp3) is 0.0476. The van der Waals surface area contributed by atoms with Crippen molar-refractivity contribution in [3.63, 3.8) is 0 Å². The van der Waals surface area contributed by atoms with E-state index in [1.54, 1.807) is 48.5 Å². The zero-order valence-corrected chi connectivity index (χ0v) is 15.8. The van der Waals surface area contributed by atoms with Gasteiger partial charge in [0.2, 0.25) is 0 Å². The van der Waals surface area contributed by atoms with E-state index in [-0.39, 0.29) is 16.4 Å². The van der Waals surface area contributed by atoms with E-state index in [2.05, 4.69) is 15.6 Å². The number of halogens is 1. The Morgan fingerprint density at radius 2 is 1.79 bits per heavy atom. The minimum absolute atomic E-state index is 0.154. The fourth-order valence-electron chi connectivity index (χ4n) is 3.04. The van der Waals surface area contributed by atoms with Gasteiger partial charge in [-0.25, -0.2) is 9.69 Å². The number of amides is 4. The molecular weight excluding hydrogens is 392 g/mol. The molecule has 4 rings (SSSR count). The normalized spacial score (nSPS) is 15.9. The first-order chi connectivity index (χ1) is 14.0. The van der Waals surface area contributed by atoms with E-state index in [9.17, 15) is 14.4 Å². The number of pyridine rings is 1. The lowest BCUT2D eigenvalue weighted by Crippen LogP contribution is -2.31. The van der Waals surface area contributed by atoms with Gasteiger partial charge in [0.15, 0.2) is 0 Å². The summed E-state index contributed by atoms with van der Waals surface area (Å²) >= 11 is 6.32. The summed E-state index contributed by atoms with van der Waals surface area (Å²) in [6.45, 7) is 0. The van der Waals surface area contributed by atoms with E-state index >= 15 is 0 Å². The van der Waals surface area contributed by atoms with E-state index in [0.717, 1.165) is 4.90 Å². The van der Waals surface area contributed by atoms with Crippen LogP contribution in [-0.2, 0) is 4.79 Å². The Labute approximate surface area is 171 Å². The van der Waals surface area contributed by atoms with E-state index in [4.69, 9.17) is 11.6 Å². The van der Waals surface area contributed by atoms with Crippen molar-refractivity contribution in [1.82, 2.24) is 10.3 Å². The molecule has 1 atom stereocenters. The van der Waals surface area contributed by atoms with Crippen LogP contribution in [0.5, 0.6) is 0 Å². The molecule has 0 spiro atoms. The summed E-state index contributed by atoms with van der Waals surface area (Å²) in [6.07, 6.45) is 1.52. The highest BCUT2D eigenvalue weighted by molar-refractivity contribution is 6.36. The molecule has 2 heterocycles. The number of anilines is 2. The number of hydrogen-bond acceptors (Lipinski definition) is 4. The molecule has 1 aromatic heterocycles. The van der Waals surface area contributed by atoms with Gasteiger partial charge in [-0.2, -0.15) is 0 Å². The topological polar surface area (TPSA) is 91.4 Å². The molecule has 2 aromatic carbocycles. The van der Waals surface area contributed by atoms with Crippen molar-refractivity contribution in [2.75, 3.05) is 10.2 Å². The largest absolute Gasteiger partial charge is 0.329 e. The summed E-state index contributed by atoms with van der Waals surface area (Å²) in [6, 6.07) is 17.2. The molecule has 0 bridgehead atoms. The number of carbonyl (C=O) groups is 3. The SMILES string of the molecule is O=C(Nc1ccc(N2C(=O)NC(c3ccccc3)C2=O)c(Cl)c1)c1ccccn1. The van der Waals surface area contributed by atoms with Gasteiger partial charge in [0.25, 0.3) is 11.8 Å². The number of urea groups is 1. The molecule has 1 aliphatic rings. The fourth-order valence-corrected chi connectivity index (χ4v) is 3.30. The van der Waals surface area contributed by atoms with Gasteiger partial charge in [-0.05, 0) is 35.9 Å². The Kier molecular flexibility index (Phi) is 4.97. The Morgan fingerprint density at radius 3 is 2.48 bits per heavy atom. The molecule has 4 amide bonds. The van der Waals surface area contributed by atoms with Gasteiger partial charge >= 0.3 is 6.03 Å². The Hall–Kier alpha value is -3.71. The minimum atomic E-state index is -0.775. The molecule has 0 aliphatic carbocycles. The van der Waals surface area contributed by atoms with Crippen molar-refractivity contribution in [2.24, 2.45) is 0 Å².